The van der Waals surface area contributed by atoms with E-state index in [0.717, 1.165) is 58.2 Å². The smallest absolute Gasteiger partial charge is 0.317 e. The van der Waals surface area contributed by atoms with Crippen molar-refractivity contribution in [3.63, 3.8) is 0 Å². The van der Waals surface area contributed by atoms with Gasteiger partial charge in [-0.05, 0) is 25.8 Å². The first kappa shape index (κ1) is 15.1. The van der Waals surface area contributed by atoms with E-state index >= 15 is 0 Å². The van der Waals surface area contributed by atoms with Gasteiger partial charge in [-0.3, -0.25) is 4.79 Å². The molecular formula is C14H25N3O3. The molecule has 2 aliphatic rings. The van der Waals surface area contributed by atoms with Gasteiger partial charge in [-0.1, -0.05) is 19.3 Å². The van der Waals surface area contributed by atoms with Crippen LogP contribution in [0.25, 0.3) is 0 Å². The highest BCUT2D eigenvalue weighted by molar-refractivity contribution is 5.77. The standard InChI is InChI=1S/C14H25N3O3/c18-12(19)11-14(5-2-1-3-6-14)16-13(20)17-9-4-7-15-8-10-17/h15H,1-11H2,(H,16,20)(H,18,19). The molecule has 114 valence electrons. The highest BCUT2D eigenvalue weighted by atomic mass is 16.4. The third-order valence-corrected chi connectivity index (χ3v) is 4.30. The van der Waals surface area contributed by atoms with Crippen molar-refractivity contribution in [3.05, 3.63) is 0 Å². The Morgan fingerprint density at radius 1 is 1.10 bits per heavy atom. The first-order chi connectivity index (χ1) is 9.61. The van der Waals surface area contributed by atoms with Gasteiger partial charge in [-0.15, -0.1) is 0 Å². The van der Waals surface area contributed by atoms with Crippen LogP contribution < -0.4 is 10.6 Å². The Morgan fingerprint density at radius 3 is 2.55 bits per heavy atom. The summed E-state index contributed by atoms with van der Waals surface area (Å²) in [6.45, 7) is 3.17. The Kier molecular flexibility index (Phi) is 5.23. The summed E-state index contributed by atoms with van der Waals surface area (Å²) < 4.78 is 0. The number of hydrogen-bond donors (Lipinski definition) is 3. The lowest BCUT2D eigenvalue weighted by Gasteiger charge is -2.38. The summed E-state index contributed by atoms with van der Waals surface area (Å²) in [5, 5.41) is 15.4. The number of amides is 2. The molecule has 1 saturated carbocycles. The van der Waals surface area contributed by atoms with Gasteiger partial charge in [-0.2, -0.15) is 0 Å². The van der Waals surface area contributed by atoms with Crippen LogP contribution in [0, 0.1) is 0 Å². The van der Waals surface area contributed by atoms with Gasteiger partial charge in [0.15, 0.2) is 0 Å². The minimum absolute atomic E-state index is 0.0326. The number of carbonyl (C=O) groups excluding carboxylic acids is 1. The highest BCUT2D eigenvalue weighted by Gasteiger charge is 2.36. The van der Waals surface area contributed by atoms with Crippen LogP contribution in [-0.2, 0) is 4.79 Å². The maximum absolute atomic E-state index is 12.4. The molecule has 0 atom stereocenters. The molecule has 0 unspecified atom stereocenters. The number of hydrogen-bond acceptors (Lipinski definition) is 3. The van der Waals surface area contributed by atoms with Gasteiger partial charge >= 0.3 is 12.0 Å². The van der Waals surface area contributed by atoms with Crippen LogP contribution in [0.1, 0.15) is 44.9 Å². The van der Waals surface area contributed by atoms with Crippen molar-refractivity contribution < 1.29 is 14.7 Å². The molecule has 1 aliphatic carbocycles. The Hall–Kier alpha value is -1.30. The third kappa shape index (κ3) is 4.10. The fourth-order valence-corrected chi connectivity index (χ4v) is 3.22. The maximum Gasteiger partial charge on any atom is 0.317 e. The van der Waals surface area contributed by atoms with E-state index in [1.165, 1.54) is 0 Å². The molecule has 6 nitrogen and oxygen atoms in total. The minimum atomic E-state index is -0.829. The zero-order valence-electron chi connectivity index (χ0n) is 12.0. The molecule has 1 saturated heterocycles. The number of aliphatic carboxylic acids is 1. The van der Waals surface area contributed by atoms with E-state index in [2.05, 4.69) is 10.6 Å². The lowest BCUT2D eigenvalue weighted by Crippen LogP contribution is -2.55. The molecule has 3 N–H and O–H groups in total. The molecule has 2 fully saturated rings. The number of carbonyl (C=O) groups is 2. The second-order valence-corrected chi connectivity index (χ2v) is 5.93. The Labute approximate surface area is 119 Å². The molecule has 0 aromatic heterocycles. The quantitative estimate of drug-likeness (QED) is 0.726. The van der Waals surface area contributed by atoms with Crippen molar-refractivity contribution in [2.75, 3.05) is 26.2 Å². The third-order valence-electron chi connectivity index (χ3n) is 4.30. The van der Waals surface area contributed by atoms with Gasteiger partial charge in [-0.25, -0.2) is 4.79 Å². The summed E-state index contributed by atoms with van der Waals surface area (Å²) in [6, 6.07) is -0.100. The van der Waals surface area contributed by atoms with E-state index in [-0.39, 0.29) is 12.5 Å². The topological polar surface area (TPSA) is 81.7 Å². The van der Waals surface area contributed by atoms with Crippen molar-refractivity contribution >= 4 is 12.0 Å². The molecule has 0 aromatic rings. The number of nitrogens with one attached hydrogen (secondary N) is 2. The SMILES string of the molecule is O=C(O)CC1(NC(=O)N2CCCNCC2)CCCCC1. The average molecular weight is 283 g/mol. The van der Waals surface area contributed by atoms with E-state index in [1.807, 2.05) is 0 Å². The van der Waals surface area contributed by atoms with Crippen LogP contribution in [0.5, 0.6) is 0 Å². The van der Waals surface area contributed by atoms with Crippen LogP contribution in [0.15, 0.2) is 0 Å². The molecule has 2 amide bonds. The number of nitrogens with zero attached hydrogens (tertiary/aromatic N) is 1. The van der Waals surface area contributed by atoms with Gasteiger partial charge in [0.1, 0.15) is 0 Å². The van der Waals surface area contributed by atoms with Crippen molar-refractivity contribution in [1.29, 1.82) is 0 Å². The van der Waals surface area contributed by atoms with E-state index in [1.54, 1.807) is 4.90 Å². The second kappa shape index (κ2) is 6.92. The largest absolute Gasteiger partial charge is 0.481 e. The number of carboxylic acids is 1. The normalized spacial score (nSPS) is 22.9. The number of urea groups is 1. The van der Waals surface area contributed by atoms with Crippen molar-refractivity contribution in [2.24, 2.45) is 0 Å². The molecule has 1 heterocycles. The van der Waals surface area contributed by atoms with Gasteiger partial charge in [0.25, 0.3) is 0 Å². The predicted octanol–water partition coefficient (Wildman–Crippen LogP) is 1.17. The van der Waals surface area contributed by atoms with Gasteiger partial charge in [0.05, 0.1) is 12.0 Å². The summed E-state index contributed by atoms with van der Waals surface area (Å²) in [5.41, 5.74) is -0.541. The number of carboxylic acid groups (broad SMARTS) is 1. The van der Waals surface area contributed by atoms with E-state index in [4.69, 9.17) is 5.11 Å². The lowest BCUT2D eigenvalue weighted by molar-refractivity contribution is -0.139. The molecule has 0 radical (unpaired) electrons. The Morgan fingerprint density at radius 2 is 1.85 bits per heavy atom. The van der Waals surface area contributed by atoms with Crippen LogP contribution in [-0.4, -0.2) is 53.7 Å². The van der Waals surface area contributed by atoms with Gasteiger partial charge < -0.3 is 20.6 Å². The van der Waals surface area contributed by atoms with Crippen molar-refractivity contribution in [2.45, 2.75) is 50.5 Å². The molecule has 0 bridgehead atoms. The molecule has 1 aliphatic heterocycles. The molecule has 0 spiro atoms. The Balaban J connectivity index is 1.98. The summed E-state index contributed by atoms with van der Waals surface area (Å²) in [4.78, 5) is 25.3. The fraction of sp³-hybridized carbons (Fsp3) is 0.857. The zero-order valence-corrected chi connectivity index (χ0v) is 12.0. The summed E-state index contributed by atoms with van der Waals surface area (Å²) in [7, 11) is 0. The monoisotopic (exact) mass is 283 g/mol. The summed E-state index contributed by atoms with van der Waals surface area (Å²) >= 11 is 0. The molecular weight excluding hydrogens is 258 g/mol. The lowest BCUT2D eigenvalue weighted by atomic mass is 9.79. The highest BCUT2D eigenvalue weighted by Crippen LogP contribution is 2.31. The average Bonchev–Trinajstić information content (AvgIpc) is 2.67. The second-order valence-electron chi connectivity index (χ2n) is 5.93. The first-order valence-electron chi connectivity index (χ1n) is 7.61. The maximum atomic E-state index is 12.4. The Bertz CT molecular complexity index is 346. The van der Waals surface area contributed by atoms with Crippen LogP contribution in [0.4, 0.5) is 4.79 Å². The van der Waals surface area contributed by atoms with E-state index in [9.17, 15) is 9.59 Å². The summed E-state index contributed by atoms with van der Waals surface area (Å²) in [6.07, 6.45) is 5.65. The van der Waals surface area contributed by atoms with Gasteiger partial charge in [0, 0.05) is 19.6 Å². The van der Waals surface area contributed by atoms with Crippen LogP contribution in [0.3, 0.4) is 0 Å². The first-order valence-corrected chi connectivity index (χ1v) is 7.61. The molecule has 2 rings (SSSR count). The molecule has 6 heteroatoms. The van der Waals surface area contributed by atoms with Crippen LogP contribution >= 0.6 is 0 Å². The fourth-order valence-electron chi connectivity index (χ4n) is 3.22. The zero-order chi connectivity index (χ0) is 14.4. The predicted molar refractivity (Wildman–Crippen MR) is 75.7 cm³/mol. The summed E-state index contributed by atoms with van der Waals surface area (Å²) in [5.74, 6) is -0.829. The van der Waals surface area contributed by atoms with Crippen LogP contribution in [0.2, 0.25) is 0 Å². The molecule has 20 heavy (non-hydrogen) atoms. The van der Waals surface area contributed by atoms with Crippen molar-refractivity contribution in [3.8, 4) is 0 Å². The number of rotatable bonds is 3. The molecule has 0 aromatic carbocycles. The minimum Gasteiger partial charge on any atom is -0.481 e. The van der Waals surface area contributed by atoms with E-state index < -0.39 is 11.5 Å². The van der Waals surface area contributed by atoms with Gasteiger partial charge in [0.2, 0.25) is 0 Å². The van der Waals surface area contributed by atoms with Crippen molar-refractivity contribution in [1.82, 2.24) is 15.5 Å². The van der Waals surface area contributed by atoms with E-state index in [0.29, 0.717) is 6.54 Å².